The van der Waals surface area contributed by atoms with Crippen LogP contribution in [0.1, 0.15) is 19.8 Å². The van der Waals surface area contributed by atoms with Crippen LogP contribution in [-0.2, 0) is 9.53 Å². The molecule has 0 saturated carbocycles. The fourth-order valence-corrected chi connectivity index (χ4v) is 1.78. The Morgan fingerprint density at radius 2 is 1.87 bits per heavy atom. The Hall–Kier alpha value is -0.610. The first-order chi connectivity index (χ1) is 10.5. The molecule has 8 heteroatoms. The minimum Gasteiger partial charge on any atom is -0.385 e. The third-order valence-corrected chi connectivity index (χ3v) is 3.11. The largest absolute Gasteiger partial charge is 0.385 e. The zero-order valence-corrected chi connectivity index (χ0v) is 17.6. The van der Waals surface area contributed by atoms with E-state index in [4.69, 9.17) is 4.74 Å². The van der Waals surface area contributed by atoms with Crippen molar-refractivity contribution in [1.82, 2.24) is 20.4 Å². The molecule has 0 aromatic carbocycles. The minimum absolute atomic E-state index is 0. The number of carbonyl (C=O) groups is 1. The van der Waals surface area contributed by atoms with Crippen LogP contribution >= 0.6 is 24.0 Å². The van der Waals surface area contributed by atoms with Crippen molar-refractivity contribution in [2.45, 2.75) is 19.8 Å². The number of ether oxygens (including phenoxy) is 1. The van der Waals surface area contributed by atoms with Gasteiger partial charge in [0, 0.05) is 60.4 Å². The van der Waals surface area contributed by atoms with Crippen molar-refractivity contribution in [3.8, 4) is 0 Å². The van der Waals surface area contributed by atoms with Crippen LogP contribution in [-0.4, -0.2) is 89.3 Å². The number of amides is 1. The van der Waals surface area contributed by atoms with E-state index in [9.17, 15) is 4.79 Å². The first-order valence-corrected chi connectivity index (χ1v) is 7.91. The van der Waals surface area contributed by atoms with Crippen LogP contribution in [0.5, 0.6) is 0 Å². The molecule has 1 amide bonds. The summed E-state index contributed by atoms with van der Waals surface area (Å²) in [5, 5.41) is 6.37. The van der Waals surface area contributed by atoms with Gasteiger partial charge in [0.05, 0.1) is 6.54 Å². The van der Waals surface area contributed by atoms with Crippen LogP contribution < -0.4 is 10.6 Å². The fourth-order valence-electron chi connectivity index (χ4n) is 1.78. The summed E-state index contributed by atoms with van der Waals surface area (Å²) in [6, 6.07) is 0. The number of nitrogens with one attached hydrogen (secondary N) is 2. The van der Waals surface area contributed by atoms with Crippen molar-refractivity contribution in [2.24, 2.45) is 4.99 Å². The molecule has 0 unspecified atom stereocenters. The van der Waals surface area contributed by atoms with Crippen molar-refractivity contribution in [3.05, 3.63) is 0 Å². The highest BCUT2D eigenvalue weighted by Gasteiger charge is 2.04. The minimum atomic E-state index is 0. The number of carbonyl (C=O) groups excluding carboxylic acids is 1. The van der Waals surface area contributed by atoms with Crippen molar-refractivity contribution < 1.29 is 9.53 Å². The summed E-state index contributed by atoms with van der Waals surface area (Å²) in [5.41, 5.74) is 0. The molecule has 2 N–H and O–H groups in total. The Bertz CT molecular complexity index is 327. The summed E-state index contributed by atoms with van der Waals surface area (Å²) in [5.74, 6) is 0.876. The summed E-state index contributed by atoms with van der Waals surface area (Å²) in [4.78, 5) is 19.9. The molecule has 0 spiro atoms. The summed E-state index contributed by atoms with van der Waals surface area (Å²) in [6.07, 6.45) is 1.50. The van der Waals surface area contributed by atoms with E-state index in [2.05, 4.69) is 27.6 Å². The van der Waals surface area contributed by atoms with Crippen molar-refractivity contribution in [2.75, 3.05) is 67.6 Å². The number of nitrogens with zero attached hydrogens (tertiary/aromatic N) is 3. The van der Waals surface area contributed by atoms with Crippen LogP contribution in [0.15, 0.2) is 4.99 Å². The SMILES string of the molecule is CCNC(=NCCN(C)CCCOC)NCCC(=O)N(C)C.I. The first kappa shape index (κ1) is 24.6. The molecule has 0 rings (SSSR count). The Morgan fingerprint density at radius 1 is 1.17 bits per heavy atom. The second-order valence-corrected chi connectivity index (χ2v) is 5.38. The maximum absolute atomic E-state index is 11.5. The Labute approximate surface area is 158 Å². The molecule has 23 heavy (non-hydrogen) atoms. The number of halogens is 1. The molecule has 0 aromatic heterocycles. The van der Waals surface area contributed by atoms with E-state index in [0.29, 0.717) is 13.0 Å². The predicted molar refractivity (Wildman–Crippen MR) is 107 cm³/mol. The van der Waals surface area contributed by atoms with E-state index >= 15 is 0 Å². The van der Waals surface area contributed by atoms with Gasteiger partial charge < -0.3 is 25.2 Å². The number of rotatable bonds is 11. The molecular weight excluding hydrogens is 409 g/mol. The molecular formula is C15H34IN5O2. The fraction of sp³-hybridized carbons (Fsp3) is 0.867. The van der Waals surface area contributed by atoms with Gasteiger partial charge in [-0.3, -0.25) is 9.79 Å². The highest BCUT2D eigenvalue weighted by atomic mass is 127. The van der Waals surface area contributed by atoms with E-state index < -0.39 is 0 Å². The maximum atomic E-state index is 11.5. The van der Waals surface area contributed by atoms with Gasteiger partial charge in [-0.05, 0) is 20.4 Å². The van der Waals surface area contributed by atoms with E-state index in [1.54, 1.807) is 26.1 Å². The van der Waals surface area contributed by atoms with Gasteiger partial charge in [0.25, 0.3) is 0 Å². The second kappa shape index (κ2) is 16.3. The molecule has 0 atom stereocenters. The van der Waals surface area contributed by atoms with E-state index in [-0.39, 0.29) is 29.9 Å². The summed E-state index contributed by atoms with van der Waals surface area (Å²) in [6.45, 7) is 6.84. The van der Waals surface area contributed by atoms with Gasteiger partial charge in [0.1, 0.15) is 0 Å². The first-order valence-electron chi connectivity index (χ1n) is 7.91. The van der Waals surface area contributed by atoms with Crippen LogP contribution in [0, 0.1) is 0 Å². The lowest BCUT2D eigenvalue weighted by atomic mass is 10.4. The molecule has 0 fully saturated rings. The van der Waals surface area contributed by atoms with Crippen molar-refractivity contribution in [3.63, 3.8) is 0 Å². The third-order valence-electron chi connectivity index (χ3n) is 3.11. The Kier molecular flexibility index (Phi) is 17.4. The number of hydrogen-bond acceptors (Lipinski definition) is 4. The Morgan fingerprint density at radius 3 is 2.43 bits per heavy atom. The number of aliphatic imine (C=N–C) groups is 1. The molecule has 138 valence electrons. The number of guanidine groups is 1. The second-order valence-electron chi connectivity index (χ2n) is 5.38. The van der Waals surface area contributed by atoms with Crippen LogP contribution in [0.2, 0.25) is 0 Å². The average Bonchev–Trinajstić information content (AvgIpc) is 2.47. The highest BCUT2D eigenvalue weighted by molar-refractivity contribution is 14.0. The lowest BCUT2D eigenvalue weighted by Gasteiger charge is -2.16. The van der Waals surface area contributed by atoms with Crippen LogP contribution in [0.3, 0.4) is 0 Å². The van der Waals surface area contributed by atoms with Gasteiger partial charge in [0.2, 0.25) is 5.91 Å². The van der Waals surface area contributed by atoms with Crippen LogP contribution in [0.4, 0.5) is 0 Å². The molecule has 0 aromatic rings. The quantitative estimate of drug-likeness (QED) is 0.212. The van der Waals surface area contributed by atoms with Gasteiger partial charge in [-0.15, -0.1) is 24.0 Å². The lowest BCUT2D eigenvalue weighted by molar-refractivity contribution is -0.128. The van der Waals surface area contributed by atoms with Gasteiger partial charge in [-0.2, -0.15) is 0 Å². The van der Waals surface area contributed by atoms with Gasteiger partial charge >= 0.3 is 0 Å². The molecule has 0 radical (unpaired) electrons. The predicted octanol–water partition coefficient (Wildman–Crippen LogP) is 0.606. The summed E-state index contributed by atoms with van der Waals surface area (Å²) >= 11 is 0. The van der Waals surface area contributed by atoms with E-state index in [0.717, 1.165) is 45.2 Å². The van der Waals surface area contributed by atoms with E-state index in [1.807, 2.05) is 6.92 Å². The normalized spacial score (nSPS) is 11.1. The standard InChI is InChI=1S/C15H33N5O2.HI/c1-6-16-15(17-9-8-14(21)19(2)3)18-10-12-20(4)11-7-13-22-5;/h6-13H2,1-5H3,(H2,16,17,18);1H. The van der Waals surface area contributed by atoms with Gasteiger partial charge in [0.15, 0.2) is 5.96 Å². The Balaban J connectivity index is 0. The topological polar surface area (TPSA) is 69.2 Å². The molecule has 0 aliphatic rings. The summed E-state index contributed by atoms with van der Waals surface area (Å²) in [7, 11) is 7.34. The van der Waals surface area contributed by atoms with Gasteiger partial charge in [-0.25, -0.2) is 0 Å². The molecule has 0 aliphatic carbocycles. The monoisotopic (exact) mass is 443 g/mol. The zero-order valence-electron chi connectivity index (χ0n) is 15.2. The molecule has 0 bridgehead atoms. The van der Waals surface area contributed by atoms with Gasteiger partial charge in [-0.1, -0.05) is 0 Å². The average molecular weight is 443 g/mol. The van der Waals surface area contributed by atoms with Crippen LogP contribution in [0.25, 0.3) is 0 Å². The molecule has 0 saturated heterocycles. The maximum Gasteiger partial charge on any atom is 0.223 e. The third kappa shape index (κ3) is 14.7. The van der Waals surface area contributed by atoms with Crippen molar-refractivity contribution in [1.29, 1.82) is 0 Å². The van der Waals surface area contributed by atoms with E-state index in [1.165, 1.54) is 0 Å². The zero-order chi connectivity index (χ0) is 16.8. The molecule has 0 heterocycles. The number of likely N-dealkylation sites (N-methyl/N-ethyl adjacent to an activating group) is 1. The highest BCUT2D eigenvalue weighted by Crippen LogP contribution is 1.89. The smallest absolute Gasteiger partial charge is 0.223 e. The number of methoxy groups -OCH3 is 1. The lowest BCUT2D eigenvalue weighted by Crippen LogP contribution is -2.39. The summed E-state index contributed by atoms with van der Waals surface area (Å²) < 4.78 is 5.04. The molecule has 7 nitrogen and oxygen atoms in total. The van der Waals surface area contributed by atoms with Crippen molar-refractivity contribution >= 4 is 35.8 Å². The number of hydrogen-bond donors (Lipinski definition) is 2. The molecule has 0 aliphatic heterocycles.